The Hall–Kier alpha value is -2.45. The number of nitrogens with zero attached hydrogens (tertiary/aromatic N) is 5. The topological polar surface area (TPSA) is 67.4 Å². The van der Waals surface area contributed by atoms with Gasteiger partial charge < -0.3 is 9.32 Å². The second-order valence-corrected chi connectivity index (χ2v) is 8.87. The van der Waals surface area contributed by atoms with Crippen molar-refractivity contribution in [1.82, 2.24) is 24.6 Å². The van der Waals surface area contributed by atoms with Gasteiger partial charge in [0.25, 0.3) is 5.91 Å². The molecule has 0 saturated heterocycles. The highest BCUT2D eigenvalue weighted by Gasteiger charge is 2.31. The van der Waals surface area contributed by atoms with E-state index in [0.29, 0.717) is 18.3 Å². The van der Waals surface area contributed by atoms with E-state index < -0.39 is 0 Å². The summed E-state index contributed by atoms with van der Waals surface area (Å²) in [7, 11) is 5.87. The van der Waals surface area contributed by atoms with Crippen LogP contribution in [-0.4, -0.2) is 50.6 Å². The molecule has 3 aromatic heterocycles. The van der Waals surface area contributed by atoms with Gasteiger partial charge in [0, 0.05) is 43.3 Å². The second-order valence-electron chi connectivity index (χ2n) is 7.81. The highest BCUT2D eigenvalue weighted by molar-refractivity contribution is 7.09. The van der Waals surface area contributed by atoms with Crippen LogP contribution in [0, 0.1) is 6.92 Å². The molecule has 1 unspecified atom stereocenters. The molecule has 0 aliphatic heterocycles. The molecule has 154 valence electrons. The number of hydrogen-bond donors (Lipinski definition) is 0. The maximum Gasteiger partial charge on any atom is 0.274 e. The molecule has 29 heavy (non-hydrogen) atoms. The van der Waals surface area contributed by atoms with Gasteiger partial charge in [-0.2, -0.15) is 5.10 Å². The third kappa shape index (κ3) is 4.13. The summed E-state index contributed by atoms with van der Waals surface area (Å²) in [6.07, 6.45) is 4.44. The summed E-state index contributed by atoms with van der Waals surface area (Å²) >= 11 is 1.69. The lowest BCUT2D eigenvalue weighted by molar-refractivity contribution is 0.0767. The minimum Gasteiger partial charge on any atom is -0.467 e. The zero-order chi connectivity index (χ0) is 20.5. The van der Waals surface area contributed by atoms with Gasteiger partial charge in [0.2, 0.25) is 0 Å². The van der Waals surface area contributed by atoms with Gasteiger partial charge in [-0.15, -0.1) is 11.3 Å². The van der Waals surface area contributed by atoms with Crippen LogP contribution in [0.4, 0.5) is 0 Å². The van der Waals surface area contributed by atoms with E-state index in [2.05, 4.69) is 27.4 Å². The highest BCUT2D eigenvalue weighted by Crippen LogP contribution is 2.28. The Kier molecular flexibility index (Phi) is 5.56. The summed E-state index contributed by atoms with van der Waals surface area (Å²) in [5.41, 5.74) is 3.94. The fourth-order valence-corrected chi connectivity index (χ4v) is 4.68. The van der Waals surface area contributed by atoms with Crippen molar-refractivity contribution in [3.05, 3.63) is 57.2 Å². The van der Waals surface area contributed by atoms with Crippen LogP contribution in [0.3, 0.4) is 0 Å². The lowest BCUT2D eigenvalue weighted by atomic mass is 9.90. The van der Waals surface area contributed by atoms with Gasteiger partial charge in [-0.05, 0) is 45.4 Å². The lowest BCUT2D eigenvalue weighted by Crippen LogP contribution is -2.37. The van der Waals surface area contributed by atoms with E-state index in [0.717, 1.165) is 47.8 Å². The fraction of sp³-hybridized carbons (Fsp3) is 0.476. The molecule has 1 aliphatic carbocycles. The normalized spacial score (nSPS) is 16.2. The molecule has 0 fully saturated rings. The average Bonchev–Trinajstić information content (AvgIpc) is 3.42. The Morgan fingerprint density at radius 2 is 2.21 bits per heavy atom. The number of fused-ring (bicyclic) bond motifs is 1. The van der Waals surface area contributed by atoms with Gasteiger partial charge in [-0.3, -0.25) is 14.4 Å². The number of carbonyl (C=O) groups excluding carboxylic acids is 1. The van der Waals surface area contributed by atoms with Crippen LogP contribution in [0.2, 0.25) is 0 Å². The first-order valence-electron chi connectivity index (χ1n) is 9.86. The van der Waals surface area contributed by atoms with E-state index >= 15 is 0 Å². The molecule has 0 spiro atoms. The number of aryl methyl sites for hydroxylation is 2. The number of thiazole rings is 1. The van der Waals surface area contributed by atoms with Gasteiger partial charge in [0.05, 0.1) is 23.5 Å². The Labute approximate surface area is 174 Å². The third-order valence-corrected chi connectivity index (χ3v) is 6.47. The van der Waals surface area contributed by atoms with Crippen molar-refractivity contribution in [3.63, 3.8) is 0 Å². The van der Waals surface area contributed by atoms with Crippen LogP contribution >= 0.6 is 11.3 Å². The van der Waals surface area contributed by atoms with Crippen molar-refractivity contribution >= 4 is 17.2 Å². The Morgan fingerprint density at radius 1 is 1.38 bits per heavy atom. The molecule has 8 heteroatoms. The van der Waals surface area contributed by atoms with Crippen molar-refractivity contribution in [2.24, 2.45) is 7.05 Å². The molecule has 0 saturated carbocycles. The van der Waals surface area contributed by atoms with E-state index in [1.54, 1.807) is 29.5 Å². The number of amides is 1. The number of carbonyl (C=O) groups is 1. The second kappa shape index (κ2) is 8.12. The molecule has 3 heterocycles. The van der Waals surface area contributed by atoms with E-state index in [1.165, 1.54) is 5.69 Å². The SMILES string of the molecule is Cc1nc(CN(C)C2CCc3c(c(C(=O)N(C)Cc4ccco4)nn3C)C2)cs1. The van der Waals surface area contributed by atoms with Crippen LogP contribution < -0.4 is 0 Å². The van der Waals surface area contributed by atoms with Crippen molar-refractivity contribution in [2.75, 3.05) is 14.1 Å². The highest BCUT2D eigenvalue weighted by atomic mass is 32.1. The van der Waals surface area contributed by atoms with Crippen LogP contribution in [0.15, 0.2) is 28.2 Å². The van der Waals surface area contributed by atoms with Crippen molar-refractivity contribution in [1.29, 1.82) is 0 Å². The summed E-state index contributed by atoms with van der Waals surface area (Å²) in [6, 6.07) is 4.08. The van der Waals surface area contributed by atoms with Crippen LogP contribution in [0.1, 0.15) is 44.6 Å². The van der Waals surface area contributed by atoms with Crippen LogP contribution in [0.25, 0.3) is 0 Å². The number of likely N-dealkylation sites (N-methyl/N-ethyl adjacent to an activating group) is 1. The van der Waals surface area contributed by atoms with E-state index in [1.807, 2.05) is 30.8 Å². The summed E-state index contributed by atoms with van der Waals surface area (Å²) in [6.45, 7) is 3.30. The summed E-state index contributed by atoms with van der Waals surface area (Å²) < 4.78 is 7.26. The Balaban J connectivity index is 1.50. The van der Waals surface area contributed by atoms with Crippen molar-refractivity contribution < 1.29 is 9.21 Å². The van der Waals surface area contributed by atoms with Gasteiger partial charge >= 0.3 is 0 Å². The maximum absolute atomic E-state index is 13.1. The molecule has 0 bridgehead atoms. The molecule has 1 amide bonds. The largest absolute Gasteiger partial charge is 0.467 e. The predicted molar refractivity (Wildman–Crippen MR) is 112 cm³/mol. The summed E-state index contributed by atoms with van der Waals surface area (Å²) in [5, 5.41) is 7.81. The number of furan rings is 1. The Morgan fingerprint density at radius 3 is 2.90 bits per heavy atom. The maximum atomic E-state index is 13.1. The van der Waals surface area contributed by atoms with E-state index in [4.69, 9.17) is 4.42 Å². The standard InChI is InChI=1S/C21H27N5O2S/c1-14-22-15(13-29-14)11-24(2)16-7-8-19-18(10-16)20(23-26(19)4)21(27)25(3)12-17-6-5-9-28-17/h5-6,9,13,16H,7-8,10-12H2,1-4H3. The van der Waals surface area contributed by atoms with E-state index in [-0.39, 0.29) is 5.91 Å². The zero-order valence-corrected chi connectivity index (χ0v) is 18.2. The molecule has 0 N–H and O–H groups in total. The molecular formula is C21H27N5O2S. The van der Waals surface area contributed by atoms with Gasteiger partial charge in [-0.25, -0.2) is 4.98 Å². The van der Waals surface area contributed by atoms with Gasteiger partial charge in [0.15, 0.2) is 5.69 Å². The number of hydrogen-bond acceptors (Lipinski definition) is 6. The van der Waals surface area contributed by atoms with Crippen molar-refractivity contribution in [3.8, 4) is 0 Å². The zero-order valence-electron chi connectivity index (χ0n) is 17.4. The third-order valence-electron chi connectivity index (χ3n) is 5.65. The number of rotatable bonds is 6. The lowest BCUT2D eigenvalue weighted by Gasteiger charge is -2.31. The number of aromatic nitrogens is 3. The first-order chi connectivity index (χ1) is 13.9. The van der Waals surface area contributed by atoms with Crippen molar-refractivity contribution in [2.45, 2.75) is 45.3 Å². The van der Waals surface area contributed by atoms with Crippen LogP contribution in [-0.2, 0) is 33.0 Å². The minimum atomic E-state index is -0.0586. The van der Waals surface area contributed by atoms with E-state index in [9.17, 15) is 4.79 Å². The molecule has 3 aromatic rings. The quantitative estimate of drug-likeness (QED) is 0.621. The summed E-state index contributed by atoms with van der Waals surface area (Å²) in [4.78, 5) is 21.7. The van der Waals surface area contributed by atoms with Crippen LogP contribution in [0.5, 0.6) is 0 Å². The van der Waals surface area contributed by atoms with Gasteiger partial charge in [0.1, 0.15) is 5.76 Å². The monoisotopic (exact) mass is 413 g/mol. The minimum absolute atomic E-state index is 0.0586. The predicted octanol–water partition coefficient (Wildman–Crippen LogP) is 3.04. The first-order valence-corrected chi connectivity index (χ1v) is 10.7. The molecule has 0 aromatic carbocycles. The summed E-state index contributed by atoms with van der Waals surface area (Å²) in [5.74, 6) is 0.707. The molecular weight excluding hydrogens is 386 g/mol. The smallest absolute Gasteiger partial charge is 0.274 e. The molecule has 1 aliphatic rings. The van der Waals surface area contributed by atoms with Gasteiger partial charge in [-0.1, -0.05) is 0 Å². The molecule has 4 rings (SSSR count). The molecule has 7 nitrogen and oxygen atoms in total. The Bertz CT molecular complexity index is 991. The molecule has 0 radical (unpaired) electrons. The molecule has 1 atom stereocenters. The fourth-order valence-electron chi connectivity index (χ4n) is 4.07. The average molecular weight is 414 g/mol. The first kappa shape index (κ1) is 19.8.